The van der Waals surface area contributed by atoms with E-state index in [1.54, 1.807) is 18.2 Å². The zero-order valence-corrected chi connectivity index (χ0v) is 9.95. The SMILES string of the molecule is O=C(Oc1ccccc1)c1ccc(C(F)(F)F)c(F)c1. The maximum atomic E-state index is 13.3. The third-order valence-electron chi connectivity index (χ3n) is 2.46. The Bertz CT molecular complexity index is 621. The summed E-state index contributed by atoms with van der Waals surface area (Å²) >= 11 is 0. The molecule has 0 aromatic heterocycles. The van der Waals surface area contributed by atoms with Gasteiger partial charge in [-0.05, 0) is 30.3 Å². The molecule has 0 atom stereocenters. The Morgan fingerprint density at radius 3 is 2.20 bits per heavy atom. The smallest absolute Gasteiger partial charge is 0.419 e. The van der Waals surface area contributed by atoms with Gasteiger partial charge < -0.3 is 4.74 Å². The predicted molar refractivity (Wildman–Crippen MR) is 62.8 cm³/mol. The summed E-state index contributed by atoms with van der Waals surface area (Å²) in [7, 11) is 0. The van der Waals surface area contributed by atoms with Crippen molar-refractivity contribution in [3.8, 4) is 5.75 Å². The van der Waals surface area contributed by atoms with Crippen LogP contribution in [-0.2, 0) is 6.18 Å². The van der Waals surface area contributed by atoms with Crippen molar-refractivity contribution >= 4 is 5.97 Å². The summed E-state index contributed by atoms with van der Waals surface area (Å²) in [5.74, 6) is -2.22. The van der Waals surface area contributed by atoms with E-state index < -0.39 is 23.5 Å². The molecule has 104 valence electrons. The zero-order valence-electron chi connectivity index (χ0n) is 9.95. The molecule has 0 radical (unpaired) electrons. The maximum absolute atomic E-state index is 13.3. The van der Waals surface area contributed by atoms with Crippen LogP contribution in [-0.4, -0.2) is 5.97 Å². The molecule has 0 fully saturated rings. The van der Waals surface area contributed by atoms with E-state index in [1.165, 1.54) is 12.1 Å². The van der Waals surface area contributed by atoms with E-state index in [-0.39, 0.29) is 11.3 Å². The molecular weight excluding hydrogens is 276 g/mol. The van der Waals surface area contributed by atoms with E-state index in [1.807, 2.05) is 0 Å². The Morgan fingerprint density at radius 1 is 1.00 bits per heavy atom. The number of alkyl halides is 3. The minimum Gasteiger partial charge on any atom is -0.423 e. The van der Waals surface area contributed by atoms with Crippen LogP contribution in [0.25, 0.3) is 0 Å². The van der Waals surface area contributed by atoms with E-state index in [9.17, 15) is 22.4 Å². The van der Waals surface area contributed by atoms with Crippen molar-refractivity contribution in [2.45, 2.75) is 6.18 Å². The molecule has 0 saturated carbocycles. The number of para-hydroxylation sites is 1. The van der Waals surface area contributed by atoms with Gasteiger partial charge in [0, 0.05) is 0 Å². The summed E-state index contributed by atoms with van der Waals surface area (Å²) in [4.78, 5) is 11.7. The predicted octanol–water partition coefficient (Wildman–Crippen LogP) is 4.06. The number of carbonyl (C=O) groups excluding carboxylic acids is 1. The lowest BCUT2D eigenvalue weighted by atomic mass is 10.1. The first-order chi connectivity index (χ1) is 9.38. The first-order valence-corrected chi connectivity index (χ1v) is 5.52. The standard InChI is InChI=1S/C14H8F4O2/c15-12-8-9(6-7-11(12)14(16,17)18)13(19)20-10-4-2-1-3-5-10/h1-8H. The fourth-order valence-electron chi connectivity index (χ4n) is 1.53. The van der Waals surface area contributed by atoms with Crippen LogP contribution < -0.4 is 4.74 Å². The molecule has 2 aromatic carbocycles. The van der Waals surface area contributed by atoms with E-state index in [0.717, 1.165) is 6.07 Å². The summed E-state index contributed by atoms with van der Waals surface area (Å²) in [5, 5.41) is 0. The van der Waals surface area contributed by atoms with Gasteiger partial charge >= 0.3 is 12.1 Å². The fraction of sp³-hybridized carbons (Fsp3) is 0.0714. The molecule has 0 unspecified atom stereocenters. The molecule has 0 bridgehead atoms. The quantitative estimate of drug-likeness (QED) is 0.472. The van der Waals surface area contributed by atoms with Crippen LogP contribution in [0, 0.1) is 5.82 Å². The Morgan fingerprint density at radius 2 is 1.65 bits per heavy atom. The van der Waals surface area contributed by atoms with E-state index >= 15 is 0 Å². The first-order valence-electron chi connectivity index (χ1n) is 5.52. The van der Waals surface area contributed by atoms with Gasteiger partial charge in [-0.25, -0.2) is 9.18 Å². The van der Waals surface area contributed by atoms with Crippen molar-refractivity contribution in [1.29, 1.82) is 0 Å². The minimum atomic E-state index is -4.80. The average molecular weight is 284 g/mol. The lowest BCUT2D eigenvalue weighted by molar-refractivity contribution is -0.140. The molecule has 0 N–H and O–H groups in total. The van der Waals surface area contributed by atoms with Gasteiger partial charge in [-0.2, -0.15) is 13.2 Å². The molecule has 6 heteroatoms. The van der Waals surface area contributed by atoms with Crippen molar-refractivity contribution in [2.75, 3.05) is 0 Å². The van der Waals surface area contributed by atoms with Crippen LogP contribution in [0.15, 0.2) is 48.5 Å². The van der Waals surface area contributed by atoms with Gasteiger partial charge in [-0.1, -0.05) is 18.2 Å². The van der Waals surface area contributed by atoms with Crippen LogP contribution in [0.2, 0.25) is 0 Å². The van der Waals surface area contributed by atoms with Gasteiger partial charge in [-0.15, -0.1) is 0 Å². The van der Waals surface area contributed by atoms with Gasteiger partial charge in [0.15, 0.2) is 0 Å². The number of hydrogen-bond donors (Lipinski definition) is 0. The molecule has 0 heterocycles. The van der Waals surface area contributed by atoms with Gasteiger partial charge in [-0.3, -0.25) is 0 Å². The Balaban J connectivity index is 2.22. The normalized spacial score (nSPS) is 11.2. The molecule has 0 aliphatic heterocycles. The van der Waals surface area contributed by atoms with E-state index in [0.29, 0.717) is 12.1 Å². The molecule has 0 saturated heterocycles. The molecule has 0 spiro atoms. The van der Waals surface area contributed by atoms with Crippen LogP contribution >= 0.6 is 0 Å². The molecule has 0 aliphatic rings. The van der Waals surface area contributed by atoms with Crippen molar-refractivity contribution in [1.82, 2.24) is 0 Å². The lowest BCUT2D eigenvalue weighted by Crippen LogP contribution is -2.12. The van der Waals surface area contributed by atoms with Crippen molar-refractivity contribution in [2.24, 2.45) is 0 Å². The van der Waals surface area contributed by atoms with Gasteiger partial charge in [0.25, 0.3) is 0 Å². The summed E-state index contributed by atoms with van der Waals surface area (Å²) in [6.45, 7) is 0. The summed E-state index contributed by atoms with van der Waals surface area (Å²) in [6.07, 6.45) is -4.80. The molecule has 2 aromatic rings. The summed E-state index contributed by atoms with van der Waals surface area (Å²) < 4.78 is 55.3. The number of halogens is 4. The van der Waals surface area contributed by atoms with Crippen LogP contribution in [0.1, 0.15) is 15.9 Å². The number of esters is 1. The third kappa shape index (κ3) is 3.14. The second kappa shape index (κ2) is 5.32. The zero-order chi connectivity index (χ0) is 14.8. The molecule has 20 heavy (non-hydrogen) atoms. The highest BCUT2D eigenvalue weighted by atomic mass is 19.4. The molecule has 2 rings (SSSR count). The molecule has 0 amide bonds. The Labute approximate surface area is 111 Å². The maximum Gasteiger partial charge on any atom is 0.419 e. The van der Waals surface area contributed by atoms with Crippen LogP contribution in [0.5, 0.6) is 5.75 Å². The number of ether oxygens (including phenoxy) is 1. The molecular formula is C14H8F4O2. The number of benzene rings is 2. The van der Waals surface area contributed by atoms with Crippen molar-refractivity contribution in [3.63, 3.8) is 0 Å². The second-order valence-electron chi connectivity index (χ2n) is 3.89. The molecule has 2 nitrogen and oxygen atoms in total. The third-order valence-corrected chi connectivity index (χ3v) is 2.46. The van der Waals surface area contributed by atoms with Gasteiger partial charge in [0.05, 0.1) is 11.1 Å². The van der Waals surface area contributed by atoms with E-state index in [2.05, 4.69) is 0 Å². The number of hydrogen-bond acceptors (Lipinski definition) is 2. The highest BCUT2D eigenvalue weighted by Gasteiger charge is 2.34. The summed E-state index contributed by atoms with van der Waals surface area (Å²) in [5.41, 5.74) is -1.71. The highest BCUT2D eigenvalue weighted by Crippen LogP contribution is 2.31. The number of carbonyl (C=O) groups is 1. The van der Waals surface area contributed by atoms with E-state index in [4.69, 9.17) is 4.74 Å². The van der Waals surface area contributed by atoms with Crippen molar-refractivity contribution in [3.05, 3.63) is 65.5 Å². The van der Waals surface area contributed by atoms with Crippen LogP contribution in [0.3, 0.4) is 0 Å². The Hall–Kier alpha value is -2.37. The monoisotopic (exact) mass is 284 g/mol. The second-order valence-corrected chi connectivity index (χ2v) is 3.89. The Kier molecular flexibility index (Phi) is 3.74. The van der Waals surface area contributed by atoms with Gasteiger partial charge in [0.1, 0.15) is 11.6 Å². The van der Waals surface area contributed by atoms with Crippen LogP contribution in [0.4, 0.5) is 17.6 Å². The minimum absolute atomic E-state index is 0.220. The lowest BCUT2D eigenvalue weighted by Gasteiger charge is -2.09. The topological polar surface area (TPSA) is 26.3 Å². The van der Waals surface area contributed by atoms with Gasteiger partial charge in [0.2, 0.25) is 0 Å². The number of rotatable bonds is 2. The fourth-order valence-corrected chi connectivity index (χ4v) is 1.53. The largest absolute Gasteiger partial charge is 0.423 e. The molecule has 0 aliphatic carbocycles. The summed E-state index contributed by atoms with van der Waals surface area (Å²) in [6, 6.07) is 9.83. The highest BCUT2D eigenvalue weighted by molar-refractivity contribution is 5.91. The average Bonchev–Trinajstić information content (AvgIpc) is 2.38. The van der Waals surface area contributed by atoms with Crippen molar-refractivity contribution < 1.29 is 27.1 Å². The first kappa shape index (κ1) is 14.0.